The second-order valence-electron chi connectivity index (χ2n) is 4.70. The van der Waals surface area contributed by atoms with Crippen molar-refractivity contribution in [3.8, 4) is 5.69 Å². The predicted octanol–water partition coefficient (Wildman–Crippen LogP) is 2.41. The fourth-order valence-corrected chi connectivity index (χ4v) is 2.46. The van der Waals surface area contributed by atoms with Crippen LogP contribution in [0.2, 0.25) is 0 Å². The van der Waals surface area contributed by atoms with E-state index in [0.29, 0.717) is 6.04 Å². The molecule has 0 unspecified atom stereocenters. The zero-order valence-electron chi connectivity index (χ0n) is 10.3. The van der Waals surface area contributed by atoms with Gasteiger partial charge < -0.3 is 5.32 Å². The van der Waals surface area contributed by atoms with Gasteiger partial charge in [0.15, 0.2) is 0 Å². The van der Waals surface area contributed by atoms with Gasteiger partial charge in [0.05, 0.1) is 18.1 Å². The minimum atomic E-state index is 0.546. The van der Waals surface area contributed by atoms with E-state index >= 15 is 0 Å². The standard InChI is InChI=1S/C13H17N5/c1-2-4-11(5-3-1)17-13-16-6-7-18(13)12-8-14-10-15-9-12/h6-11H,1-5H2,(H,16,17). The molecule has 3 rings (SSSR count). The van der Waals surface area contributed by atoms with Crippen LogP contribution in [0.5, 0.6) is 0 Å². The Morgan fingerprint density at radius 1 is 1.11 bits per heavy atom. The largest absolute Gasteiger partial charge is 0.353 e. The molecule has 0 spiro atoms. The quantitative estimate of drug-likeness (QED) is 0.899. The molecule has 0 radical (unpaired) electrons. The number of aromatic nitrogens is 4. The number of nitrogens with zero attached hydrogens (tertiary/aromatic N) is 4. The maximum Gasteiger partial charge on any atom is 0.207 e. The lowest BCUT2D eigenvalue weighted by Gasteiger charge is -2.23. The van der Waals surface area contributed by atoms with Gasteiger partial charge in [0.2, 0.25) is 5.95 Å². The van der Waals surface area contributed by atoms with E-state index in [1.165, 1.54) is 38.4 Å². The molecule has 0 aliphatic heterocycles. The Morgan fingerprint density at radius 2 is 1.89 bits per heavy atom. The molecule has 2 aromatic rings. The number of hydrogen-bond acceptors (Lipinski definition) is 4. The highest BCUT2D eigenvalue weighted by Gasteiger charge is 2.15. The summed E-state index contributed by atoms with van der Waals surface area (Å²) >= 11 is 0. The Morgan fingerprint density at radius 3 is 2.67 bits per heavy atom. The molecule has 5 heteroatoms. The van der Waals surface area contributed by atoms with Gasteiger partial charge in [-0.3, -0.25) is 4.57 Å². The first-order chi connectivity index (χ1) is 8.93. The number of rotatable bonds is 3. The monoisotopic (exact) mass is 243 g/mol. The topological polar surface area (TPSA) is 55.6 Å². The van der Waals surface area contributed by atoms with Crippen molar-refractivity contribution in [2.45, 2.75) is 38.1 Å². The fourth-order valence-electron chi connectivity index (χ4n) is 2.46. The Balaban J connectivity index is 1.79. The Hall–Kier alpha value is -1.91. The molecule has 18 heavy (non-hydrogen) atoms. The van der Waals surface area contributed by atoms with E-state index in [4.69, 9.17) is 0 Å². The minimum Gasteiger partial charge on any atom is -0.353 e. The van der Waals surface area contributed by atoms with Gasteiger partial charge in [0.1, 0.15) is 6.33 Å². The Kier molecular flexibility index (Phi) is 3.21. The third-order valence-electron chi connectivity index (χ3n) is 3.40. The van der Waals surface area contributed by atoms with Crippen LogP contribution in [0.3, 0.4) is 0 Å². The molecule has 1 saturated carbocycles. The van der Waals surface area contributed by atoms with Gasteiger partial charge in [0, 0.05) is 18.4 Å². The molecule has 1 fully saturated rings. The summed E-state index contributed by atoms with van der Waals surface area (Å²) in [5.41, 5.74) is 0.938. The summed E-state index contributed by atoms with van der Waals surface area (Å²) < 4.78 is 1.99. The number of imidazole rings is 1. The lowest BCUT2D eigenvalue weighted by atomic mass is 9.96. The summed E-state index contributed by atoms with van der Waals surface area (Å²) in [6.45, 7) is 0. The molecule has 0 bridgehead atoms. The van der Waals surface area contributed by atoms with Gasteiger partial charge in [-0.25, -0.2) is 15.0 Å². The molecule has 0 atom stereocenters. The lowest BCUT2D eigenvalue weighted by Crippen LogP contribution is -2.24. The average Bonchev–Trinajstić information content (AvgIpc) is 2.89. The first-order valence-electron chi connectivity index (χ1n) is 6.49. The maximum absolute atomic E-state index is 4.38. The van der Waals surface area contributed by atoms with Crippen LogP contribution in [-0.4, -0.2) is 25.6 Å². The van der Waals surface area contributed by atoms with Crippen molar-refractivity contribution in [3.63, 3.8) is 0 Å². The van der Waals surface area contributed by atoms with Crippen LogP contribution in [0.4, 0.5) is 5.95 Å². The lowest BCUT2D eigenvalue weighted by molar-refractivity contribution is 0.460. The molecule has 2 aromatic heterocycles. The summed E-state index contributed by atoms with van der Waals surface area (Å²) in [6, 6.07) is 0.546. The highest BCUT2D eigenvalue weighted by atomic mass is 15.2. The summed E-state index contributed by atoms with van der Waals surface area (Å²) in [5.74, 6) is 0.886. The van der Waals surface area contributed by atoms with Gasteiger partial charge >= 0.3 is 0 Å². The highest BCUT2D eigenvalue weighted by molar-refractivity contribution is 5.39. The third-order valence-corrected chi connectivity index (χ3v) is 3.40. The molecule has 1 aliphatic carbocycles. The van der Waals surface area contributed by atoms with Crippen molar-refractivity contribution in [1.82, 2.24) is 19.5 Å². The van der Waals surface area contributed by atoms with Crippen molar-refractivity contribution in [2.75, 3.05) is 5.32 Å². The van der Waals surface area contributed by atoms with E-state index in [1.54, 1.807) is 18.6 Å². The predicted molar refractivity (Wildman–Crippen MR) is 69.6 cm³/mol. The van der Waals surface area contributed by atoms with Gasteiger partial charge in [-0.2, -0.15) is 0 Å². The zero-order valence-corrected chi connectivity index (χ0v) is 10.3. The summed E-state index contributed by atoms with van der Waals surface area (Å²) in [5, 5.41) is 3.52. The Labute approximate surface area is 106 Å². The van der Waals surface area contributed by atoms with Crippen molar-refractivity contribution < 1.29 is 0 Å². The van der Waals surface area contributed by atoms with Crippen LogP contribution in [0.15, 0.2) is 31.1 Å². The van der Waals surface area contributed by atoms with E-state index < -0.39 is 0 Å². The Bertz CT molecular complexity index is 487. The van der Waals surface area contributed by atoms with Crippen LogP contribution >= 0.6 is 0 Å². The first kappa shape index (κ1) is 11.2. The van der Waals surface area contributed by atoms with E-state index in [9.17, 15) is 0 Å². The third kappa shape index (κ3) is 2.34. The van der Waals surface area contributed by atoms with E-state index in [0.717, 1.165) is 11.6 Å². The van der Waals surface area contributed by atoms with E-state index in [-0.39, 0.29) is 0 Å². The highest BCUT2D eigenvalue weighted by Crippen LogP contribution is 2.22. The SMILES string of the molecule is c1ncc(-n2ccnc2NC2CCCCC2)cn1. The second kappa shape index (κ2) is 5.16. The molecule has 1 aliphatic rings. The molecule has 0 amide bonds. The summed E-state index contributed by atoms with van der Waals surface area (Å²) in [7, 11) is 0. The molecular weight excluding hydrogens is 226 g/mol. The molecule has 1 N–H and O–H groups in total. The number of nitrogens with one attached hydrogen (secondary N) is 1. The van der Waals surface area contributed by atoms with Gasteiger partial charge in [-0.05, 0) is 12.8 Å². The van der Waals surface area contributed by atoms with Crippen molar-refractivity contribution >= 4 is 5.95 Å². The number of hydrogen-bond donors (Lipinski definition) is 1. The van der Waals surface area contributed by atoms with Crippen LogP contribution in [0.1, 0.15) is 32.1 Å². The fraction of sp³-hybridized carbons (Fsp3) is 0.462. The zero-order chi connectivity index (χ0) is 12.2. The molecule has 5 nitrogen and oxygen atoms in total. The van der Waals surface area contributed by atoms with Crippen LogP contribution in [-0.2, 0) is 0 Å². The molecule has 2 heterocycles. The normalized spacial score (nSPS) is 16.7. The molecule has 0 aromatic carbocycles. The van der Waals surface area contributed by atoms with E-state index in [2.05, 4.69) is 20.3 Å². The van der Waals surface area contributed by atoms with Crippen LogP contribution < -0.4 is 5.32 Å². The average molecular weight is 243 g/mol. The molecule has 94 valence electrons. The summed E-state index contributed by atoms with van der Waals surface area (Å²) in [4.78, 5) is 12.5. The minimum absolute atomic E-state index is 0.546. The van der Waals surface area contributed by atoms with Crippen LogP contribution in [0, 0.1) is 0 Å². The van der Waals surface area contributed by atoms with E-state index in [1.807, 2.05) is 10.8 Å². The van der Waals surface area contributed by atoms with Crippen molar-refractivity contribution in [1.29, 1.82) is 0 Å². The smallest absolute Gasteiger partial charge is 0.207 e. The maximum atomic E-state index is 4.38. The van der Waals surface area contributed by atoms with Gasteiger partial charge in [-0.1, -0.05) is 19.3 Å². The van der Waals surface area contributed by atoms with Crippen molar-refractivity contribution in [2.24, 2.45) is 0 Å². The van der Waals surface area contributed by atoms with Crippen molar-refractivity contribution in [3.05, 3.63) is 31.1 Å². The van der Waals surface area contributed by atoms with Crippen LogP contribution in [0.25, 0.3) is 5.69 Å². The first-order valence-corrected chi connectivity index (χ1v) is 6.49. The second-order valence-corrected chi connectivity index (χ2v) is 4.70. The summed E-state index contributed by atoms with van der Waals surface area (Å²) in [6.07, 6.45) is 15.3. The van der Waals surface area contributed by atoms with Gasteiger partial charge in [0.25, 0.3) is 0 Å². The molecule has 0 saturated heterocycles. The van der Waals surface area contributed by atoms with Gasteiger partial charge in [-0.15, -0.1) is 0 Å². The molecular formula is C13H17N5. The number of anilines is 1.